The van der Waals surface area contributed by atoms with E-state index < -0.39 is 18.0 Å². The lowest BCUT2D eigenvalue weighted by Crippen LogP contribution is -2.56. The van der Waals surface area contributed by atoms with Crippen LogP contribution in [0.1, 0.15) is 34.1 Å². The summed E-state index contributed by atoms with van der Waals surface area (Å²) >= 11 is 0. The molecule has 1 saturated heterocycles. The van der Waals surface area contributed by atoms with Crippen LogP contribution in [-0.2, 0) is 29.2 Å². The summed E-state index contributed by atoms with van der Waals surface area (Å²) in [5, 5.41) is 9.85. The van der Waals surface area contributed by atoms with E-state index in [-0.39, 0.29) is 31.6 Å². The van der Waals surface area contributed by atoms with Gasteiger partial charge in [-0.3, -0.25) is 14.5 Å². The van der Waals surface area contributed by atoms with Crippen LogP contribution in [0.25, 0.3) is 11.1 Å². The molecule has 6 rings (SSSR count). The Balaban J connectivity index is 1.33. The lowest BCUT2D eigenvalue weighted by molar-refractivity contribution is -0.123. The largest absolute Gasteiger partial charge is 0.496 e. The highest BCUT2D eigenvalue weighted by atomic mass is 19.1. The summed E-state index contributed by atoms with van der Waals surface area (Å²) < 4.78 is 42.9. The lowest BCUT2D eigenvalue weighted by Gasteiger charge is -2.38. The van der Waals surface area contributed by atoms with E-state index in [1.54, 1.807) is 56.7 Å². The summed E-state index contributed by atoms with van der Waals surface area (Å²) in [5.41, 5.74) is 2.35. The highest BCUT2D eigenvalue weighted by Gasteiger charge is 2.33. The molecular weight excluding hydrogens is 597 g/mol. The monoisotopic (exact) mass is 631 g/mol. The molecule has 2 aliphatic rings. The van der Waals surface area contributed by atoms with Gasteiger partial charge in [-0.15, -0.1) is 0 Å². The number of piperidine rings is 1. The van der Waals surface area contributed by atoms with Crippen molar-refractivity contribution in [3.05, 3.63) is 89.3 Å². The van der Waals surface area contributed by atoms with Crippen LogP contribution in [0.5, 0.6) is 17.2 Å². The zero-order valence-electron chi connectivity index (χ0n) is 25.5. The molecule has 2 amide bonds. The fraction of sp³-hybridized carbons (Fsp3) is 0.333. The van der Waals surface area contributed by atoms with Crippen molar-refractivity contribution < 1.29 is 37.5 Å². The minimum absolute atomic E-state index is 0.0766. The molecule has 12 nitrogen and oxygen atoms in total. The lowest BCUT2D eigenvalue weighted by atomic mass is 9.99. The Morgan fingerprint density at radius 1 is 1.04 bits per heavy atom. The first kappa shape index (κ1) is 31.0. The van der Waals surface area contributed by atoms with Crippen molar-refractivity contribution in [2.75, 3.05) is 33.9 Å². The number of hydrogen-bond acceptors (Lipinski definition) is 10. The van der Waals surface area contributed by atoms with E-state index in [9.17, 15) is 14.0 Å². The Hall–Kier alpha value is -5.01. The van der Waals surface area contributed by atoms with E-state index in [1.807, 2.05) is 6.07 Å². The van der Waals surface area contributed by atoms with Gasteiger partial charge in [0.15, 0.2) is 12.4 Å². The summed E-state index contributed by atoms with van der Waals surface area (Å²) in [6, 6.07) is 16.2. The van der Waals surface area contributed by atoms with Gasteiger partial charge >= 0.3 is 0 Å². The van der Waals surface area contributed by atoms with Crippen molar-refractivity contribution >= 4 is 11.8 Å². The second-order valence-electron chi connectivity index (χ2n) is 11.1. The van der Waals surface area contributed by atoms with Gasteiger partial charge < -0.3 is 34.1 Å². The third kappa shape index (κ3) is 7.44. The number of nitrogens with zero attached hydrogens (tertiary/aromatic N) is 3. The van der Waals surface area contributed by atoms with Gasteiger partial charge in [-0.2, -0.15) is 4.98 Å². The highest BCUT2D eigenvalue weighted by molar-refractivity contribution is 5.96. The van der Waals surface area contributed by atoms with Gasteiger partial charge in [0, 0.05) is 43.9 Å². The normalized spacial score (nSPS) is 18.8. The predicted molar refractivity (Wildman–Crippen MR) is 163 cm³/mol. The number of benzene rings is 3. The number of likely N-dealkylation sites (tertiary alicyclic amines) is 1. The third-order valence-corrected chi connectivity index (χ3v) is 7.78. The standard InChI is InChI=1S/C33H34FN5O7/c1-42-18-30-37-32(46-38-30)17-39-9-8-29-27(16-39)36-33(41)22-6-7-28(43-2)26(13-22)21-4-3-5-24(12-21)44-19-31(40)35-15-20-10-23(34)14-25(11-20)45-29/h3-7,10-14,27,29H,8-9,15-19H2,1-2H3,(H,35,40)(H,36,41)/t27-,29-/m1/s1. The van der Waals surface area contributed by atoms with Crippen LogP contribution in [0, 0.1) is 5.82 Å². The van der Waals surface area contributed by atoms with E-state index >= 15 is 0 Å². The van der Waals surface area contributed by atoms with Gasteiger partial charge in [-0.25, -0.2) is 4.39 Å². The molecule has 3 aromatic carbocycles. The highest BCUT2D eigenvalue weighted by Crippen LogP contribution is 2.33. The van der Waals surface area contributed by atoms with Crippen molar-refractivity contribution in [1.82, 2.24) is 25.7 Å². The molecule has 3 heterocycles. The maximum absolute atomic E-state index is 14.7. The molecule has 0 radical (unpaired) electrons. The Labute approximate surface area is 264 Å². The minimum atomic E-state index is -0.507. The van der Waals surface area contributed by atoms with Crippen LogP contribution in [-0.4, -0.2) is 72.9 Å². The van der Waals surface area contributed by atoms with Crippen molar-refractivity contribution in [2.24, 2.45) is 0 Å². The third-order valence-electron chi connectivity index (χ3n) is 7.78. The second kappa shape index (κ2) is 14.0. The maximum atomic E-state index is 14.7. The topological polar surface area (TPSA) is 137 Å². The maximum Gasteiger partial charge on any atom is 0.258 e. The average molecular weight is 632 g/mol. The van der Waals surface area contributed by atoms with Crippen molar-refractivity contribution in [3.63, 3.8) is 0 Å². The molecule has 0 aliphatic carbocycles. The van der Waals surface area contributed by atoms with Crippen molar-refractivity contribution in [3.8, 4) is 28.4 Å². The summed E-state index contributed by atoms with van der Waals surface area (Å²) in [5.74, 6) is 1.00. The first-order valence-electron chi connectivity index (χ1n) is 14.8. The molecule has 6 bridgehead atoms. The number of rotatable bonds is 5. The fourth-order valence-electron chi connectivity index (χ4n) is 5.60. The van der Waals surface area contributed by atoms with Crippen LogP contribution < -0.4 is 24.8 Å². The molecule has 2 N–H and O–H groups in total. The summed E-state index contributed by atoms with van der Waals surface area (Å²) in [6.07, 6.45) is 0.0333. The molecule has 240 valence electrons. The van der Waals surface area contributed by atoms with Crippen LogP contribution >= 0.6 is 0 Å². The zero-order valence-corrected chi connectivity index (χ0v) is 25.5. The van der Waals surface area contributed by atoms with Gasteiger partial charge in [0.2, 0.25) is 5.89 Å². The molecule has 0 saturated carbocycles. The molecule has 1 aromatic heterocycles. The summed E-state index contributed by atoms with van der Waals surface area (Å²) in [6.45, 7) is 1.44. The number of ether oxygens (including phenoxy) is 4. The van der Waals surface area contributed by atoms with Gasteiger partial charge in [-0.05, 0) is 60.0 Å². The number of hydrogen-bond donors (Lipinski definition) is 2. The number of nitrogens with one attached hydrogen (secondary N) is 2. The quantitative estimate of drug-likeness (QED) is 0.337. The van der Waals surface area contributed by atoms with E-state index in [1.165, 1.54) is 12.1 Å². The number of aromatic nitrogens is 2. The van der Waals surface area contributed by atoms with Crippen LogP contribution in [0.15, 0.2) is 65.2 Å². The van der Waals surface area contributed by atoms with Crippen LogP contribution in [0.4, 0.5) is 4.39 Å². The SMILES string of the molecule is COCc1noc(CN2CC[C@H]3Oc4cc(F)cc(c4)CNC(=O)COc4cccc(c4)-c4cc(ccc4OC)C(=O)N[C@@H]3C2)n1. The molecule has 0 unspecified atom stereocenters. The van der Waals surface area contributed by atoms with E-state index in [0.29, 0.717) is 71.7 Å². The predicted octanol–water partition coefficient (Wildman–Crippen LogP) is 3.49. The second-order valence-corrected chi connectivity index (χ2v) is 11.1. The summed E-state index contributed by atoms with van der Waals surface area (Å²) in [7, 11) is 3.11. The van der Waals surface area contributed by atoms with Gasteiger partial charge in [-0.1, -0.05) is 17.3 Å². The van der Waals surface area contributed by atoms with Gasteiger partial charge in [0.1, 0.15) is 35.8 Å². The number of halogens is 1. The van der Waals surface area contributed by atoms with Crippen LogP contribution in [0.3, 0.4) is 0 Å². The number of carbonyl (C=O) groups is 2. The Morgan fingerprint density at radius 2 is 1.93 bits per heavy atom. The van der Waals surface area contributed by atoms with E-state index in [4.69, 9.17) is 23.5 Å². The smallest absolute Gasteiger partial charge is 0.258 e. The molecule has 2 atom stereocenters. The van der Waals surface area contributed by atoms with Crippen molar-refractivity contribution in [2.45, 2.75) is 38.3 Å². The number of carbonyl (C=O) groups excluding carboxylic acids is 2. The Kier molecular flexibility index (Phi) is 9.41. The number of fused-ring (bicyclic) bond motifs is 8. The van der Waals surface area contributed by atoms with Crippen LogP contribution in [0.2, 0.25) is 0 Å². The first-order valence-corrected chi connectivity index (χ1v) is 14.8. The zero-order chi connectivity index (χ0) is 32.0. The van der Waals surface area contributed by atoms with Gasteiger partial charge in [0.25, 0.3) is 11.8 Å². The van der Waals surface area contributed by atoms with Gasteiger partial charge in [0.05, 0.1) is 19.7 Å². The average Bonchev–Trinajstić information content (AvgIpc) is 3.50. The molecular formula is C33H34FN5O7. The Bertz CT molecular complexity index is 1710. The fourth-order valence-corrected chi connectivity index (χ4v) is 5.60. The molecule has 0 spiro atoms. The number of methoxy groups -OCH3 is 2. The van der Waals surface area contributed by atoms with Crippen molar-refractivity contribution in [1.29, 1.82) is 0 Å². The minimum Gasteiger partial charge on any atom is -0.496 e. The molecule has 1 fully saturated rings. The van der Waals surface area contributed by atoms with E-state index in [0.717, 1.165) is 5.56 Å². The number of amides is 2. The molecule has 2 aliphatic heterocycles. The first-order chi connectivity index (χ1) is 22.4. The summed E-state index contributed by atoms with van der Waals surface area (Å²) in [4.78, 5) is 32.9. The Morgan fingerprint density at radius 3 is 2.78 bits per heavy atom. The van der Waals surface area contributed by atoms with E-state index in [2.05, 4.69) is 25.7 Å². The molecule has 46 heavy (non-hydrogen) atoms. The molecule has 13 heteroatoms. The molecule has 4 aromatic rings.